The van der Waals surface area contributed by atoms with Crippen molar-refractivity contribution in [2.75, 3.05) is 13.1 Å². The van der Waals surface area contributed by atoms with Crippen LogP contribution in [0, 0.1) is 0 Å². The van der Waals surface area contributed by atoms with E-state index in [1.54, 1.807) is 11.3 Å². The summed E-state index contributed by atoms with van der Waals surface area (Å²) in [5, 5.41) is 8.98. The summed E-state index contributed by atoms with van der Waals surface area (Å²) < 4.78 is 1.19. The lowest BCUT2D eigenvalue weighted by atomic mass is 10.2. The SMILES string of the molecule is CCNC(C)CCNCc1cc(Br)cs1. The van der Waals surface area contributed by atoms with Gasteiger partial charge in [-0.2, -0.15) is 0 Å². The molecule has 0 bridgehead atoms. The van der Waals surface area contributed by atoms with Gasteiger partial charge in [-0.05, 0) is 48.4 Å². The number of hydrogen-bond acceptors (Lipinski definition) is 3. The Labute approximate surface area is 105 Å². The summed E-state index contributed by atoms with van der Waals surface area (Å²) in [5.41, 5.74) is 0. The van der Waals surface area contributed by atoms with E-state index in [-0.39, 0.29) is 0 Å². The third-order valence-electron chi connectivity index (χ3n) is 2.23. The Bertz CT molecular complexity index is 275. The van der Waals surface area contributed by atoms with Gasteiger partial charge in [-0.15, -0.1) is 11.3 Å². The predicted molar refractivity (Wildman–Crippen MR) is 71.5 cm³/mol. The van der Waals surface area contributed by atoms with Gasteiger partial charge in [-0.1, -0.05) is 6.92 Å². The second-order valence-electron chi connectivity index (χ2n) is 3.66. The summed E-state index contributed by atoms with van der Waals surface area (Å²) in [6, 6.07) is 2.78. The van der Waals surface area contributed by atoms with Crippen LogP contribution in [0.2, 0.25) is 0 Å². The van der Waals surface area contributed by atoms with Gasteiger partial charge in [0.2, 0.25) is 0 Å². The van der Waals surface area contributed by atoms with Gasteiger partial charge >= 0.3 is 0 Å². The Morgan fingerprint density at radius 3 is 2.93 bits per heavy atom. The van der Waals surface area contributed by atoms with Crippen LogP contribution in [0.25, 0.3) is 0 Å². The molecule has 2 nitrogen and oxygen atoms in total. The summed E-state index contributed by atoms with van der Waals surface area (Å²) in [6.45, 7) is 7.48. The van der Waals surface area contributed by atoms with Crippen molar-refractivity contribution in [3.8, 4) is 0 Å². The highest BCUT2D eigenvalue weighted by atomic mass is 79.9. The first-order valence-electron chi connectivity index (χ1n) is 5.39. The van der Waals surface area contributed by atoms with Gasteiger partial charge in [0.15, 0.2) is 0 Å². The molecule has 4 heteroatoms. The Hall–Kier alpha value is 0.1000. The average Bonchev–Trinajstić information content (AvgIpc) is 2.60. The summed E-state index contributed by atoms with van der Waals surface area (Å²) >= 11 is 5.25. The molecule has 0 radical (unpaired) electrons. The second-order valence-corrected chi connectivity index (χ2v) is 5.57. The maximum atomic E-state index is 3.46. The Kier molecular flexibility index (Phi) is 6.48. The van der Waals surface area contributed by atoms with Crippen molar-refractivity contribution in [1.82, 2.24) is 10.6 Å². The van der Waals surface area contributed by atoms with Crippen LogP contribution < -0.4 is 10.6 Å². The maximum Gasteiger partial charge on any atom is 0.0300 e. The van der Waals surface area contributed by atoms with E-state index in [1.807, 2.05) is 0 Å². The van der Waals surface area contributed by atoms with Crippen LogP contribution in [0.15, 0.2) is 15.9 Å². The van der Waals surface area contributed by atoms with E-state index in [0.717, 1.165) is 19.6 Å². The zero-order chi connectivity index (χ0) is 11.1. The fourth-order valence-electron chi connectivity index (χ4n) is 1.43. The van der Waals surface area contributed by atoms with Crippen LogP contribution in [0.1, 0.15) is 25.1 Å². The molecule has 2 N–H and O–H groups in total. The van der Waals surface area contributed by atoms with Crippen molar-refractivity contribution in [2.24, 2.45) is 0 Å². The Balaban J connectivity index is 2.06. The van der Waals surface area contributed by atoms with Gasteiger partial charge < -0.3 is 10.6 Å². The molecule has 0 fully saturated rings. The minimum Gasteiger partial charge on any atom is -0.314 e. The largest absolute Gasteiger partial charge is 0.314 e. The quantitative estimate of drug-likeness (QED) is 0.755. The van der Waals surface area contributed by atoms with E-state index >= 15 is 0 Å². The standard InChI is InChI=1S/C11H19BrN2S/c1-3-14-9(2)4-5-13-7-11-6-10(12)8-15-11/h6,8-9,13-14H,3-5,7H2,1-2H3. The molecule has 0 spiro atoms. The van der Waals surface area contributed by atoms with Crippen molar-refractivity contribution in [3.63, 3.8) is 0 Å². The van der Waals surface area contributed by atoms with E-state index < -0.39 is 0 Å². The second kappa shape index (κ2) is 7.39. The van der Waals surface area contributed by atoms with E-state index in [1.165, 1.54) is 15.8 Å². The molecule has 0 aliphatic carbocycles. The fraction of sp³-hybridized carbons (Fsp3) is 0.636. The molecule has 1 rings (SSSR count). The molecule has 1 atom stereocenters. The van der Waals surface area contributed by atoms with E-state index in [9.17, 15) is 0 Å². The maximum absolute atomic E-state index is 3.46. The van der Waals surface area contributed by atoms with E-state index in [4.69, 9.17) is 0 Å². The molecule has 1 heterocycles. The molecule has 0 aliphatic rings. The monoisotopic (exact) mass is 290 g/mol. The zero-order valence-electron chi connectivity index (χ0n) is 9.35. The normalized spacial score (nSPS) is 13.0. The number of nitrogens with one attached hydrogen (secondary N) is 2. The van der Waals surface area contributed by atoms with Crippen molar-refractivity contribution < 1.29 is 0 Å². The van der Waals surface area contributed by atoms with Crippen LogP contribution >= 0.6 is 27.3 Å². The molecule has 0 saturated heterocycles. The number of rotatable bonds is 7. The summed E-state index contributed by atoms with van der Waals surface area (Å²) in [4.78, 5) is 1.39. The summed E-state index contributed by atoms with van der Waals surface area (Å²) in [7, 11) is 0. The Morgan fingerprint density at radius 1 is 1.53 bits per heavy atom. The van der Waals surface area contributed by atoms with Gasteiger partial charge in [0.05, 0.1) is 0 Å². The fourth-order valence-corrected chi connectivity index (χ4v) is 2.85. The number of thiophene rings is 1. The lowest BCUT2D eigenvalue weighted by molar-refractivity contribution is 0.505. The van der Waals surface area contributed by atoms with E-state index in [2.05, 4.69) is 51.9 Å². The average molecular weight is 291 g/mol. The summed E-state index contributed by atoms with van der Waals surface area (Å²) in [6.07, 6.45) is 1.18. The number of halogens is 1. The van der Waals surface area contributed by atoms with Crippen LogP contribution in [0.5, 0.6) is 0 Å². The smallest absolute Gasteiger partial charge is 0.0300 e. The highest BCUT2D eigenvalue weighted by Gasteiger charge is 2.00. The highest BCUT2D eigenvalue weighted by molar-refractivity contribution is 9.10. The van der Waals surface area contributed by atoms with Crippen molar-refractivity contribution >= 4 is 27.3 Å². The molecule has 15 heavy (non-hydrogen) atoms. The van der Waals surface area contributed by atoms with Crippen LogP contribution in [0.3, 0.4) is 0 Å². The van der Waals surface area contributed by atoms with Gasteiger partial charge in [0.25, 0.3) is 0 Å². The van der Waals surface area contributed by atoms with Gasteiger partial charge in [0, 0.05) is 27.3 Å². The first-order chi connectivity index (χ1) is 7.22. The van der Waals surface area contributed by atoms with Crippen molar-refractivity contribution in [3.05, 3.63) is 20.8 Å². The molecule has 0 amide bonds. The zero-order valence-corrected chi connectivity index (χ0v) is 11.7. The van der Waals surface area contributed by atoms with Crippen LogP contribution in [-0.2, 0) is 6.54 Å². The third kappa shape index (κ3) is 5.66. The minimum absolute atomic E-state index is 0.609. The first-order valence-corrected chi connectivity index (χ1v) is 7.06. The first kappa shape index (κ1) is 13.2. The highest BCUT2D eigenvalue weighted by Crippen LogP contribution is 2.19. The molecule has 1 unspecified atom stereocenters. The molecular formula is C11H19BrN2S. The Morgan fingerprint density at radius 2 is 2.33 bits per heavy atom. The molecule has 0 saturated carbocycles. The summed E-state index contributed by atoms with van der Waals surface area (Å²) in [5.74, 6) is 0. The van der Waals surface area contributed by atoms with Crippen molar-refractivity contribution in [1.29, 1.82) is 0 Å². The van der Waals surface area contributed by atoms with E-state index in [0.29, 0.717) is 6.04 Å². The lowest BCUT2D eigenvalue weighted by Crippen LogP contribution is -2.29. The minimum atomic E-state index is 0.609. The molecule has 0 aliphatic heterocycles. The predicted octanol–water partition coefficient (Wildman–Crippen LogP) is 2.99. The topological polar surface area (TPSA) is 24.1 Å². The molecule has 1 aromatic heterocycles. The van der Waals surface area contributed by atoms with Crippen LogP contribution in [-0.4, -0.2) is 19.1 Å². The van der Waals surface area contributed by atoms with Gasteiger partial charge in [-0.25, -0.2) is 0 Å². The van der Waals surface area contributed by atoms with Gasteiger partial charge in [0.1, 0.15) is 0 Å². The molecule has 0 aromatic carbocycles. The third-order valence-corrected chi connectivity index (χ3v) is 3.93. The molecule has 86 valence electrons. The van der Waals surface area contributed by atoms with Crippen LogP contribution in [0.4, 0.5) is 0 Å². The van der Waals surface area contributed by atoms with Crippen molar-refractivity contribution in [2.45, 2.75) is 32.9 Å². The lowest BCUT2D eigenvalue weighted by Gasteiger charge is -2.11. The van der Waals surface area contributed by atoms with Gasteiger partial charge in [-0.3, -0.25) is 0 Å². The number of hydrogen-bond donors (Lipinski definition) is 2. The molecular weight excluding hydrogens is 272 g/mol. The molecule has 1 aromatic rings.